The molecule has 0 saturated carbocycles. The summed E-state index contributed by atoms with van der Waals surface area (Å²) in [5, 5.41) is 3.32. The summed E-state index contributed by atoms with van der Waals surface area (Å²) < 4.78 is 0. The normalized spacial score (nSPS) is 17.6. The van der Waals surface area contributed by atoms with E-state index in [4.69, 9.17) is 11.6 Å². The second kappa shape index (κ2) is 6.20. The second-order valence-corrected chi connectivity index (χ2v) is 5.69. The van der Waals surface area contributed by atoms with E-state index in [2.05, 4.69) is 5.32 Å². The van der Waals surface area contributed by atoms with Gasteiger partial charge in [-0.25, -0.2) is 4.79 Å². The first-order valence-corrected chi connectivity index (χ1v) is 7.43. The maximum atomic E-state index is 12.2. The largest absolute Gasteiger partial charge is 0.328 e. The van der Waals surface area contributed by atoms with E-state index in [0.717, 1.165) is 5.56 Å². The molecule has 4 nitrogen and oxygen atoms in total. The van der Waals surface area contributed by atoms with Gasteiger partial charge in [-0.15, -0.1) is 0 Å². The summed E-state index contributed by atoms with van der Waals surface area (Å²) in [7, 11) is 0. The maximum Gasteiger partial charge on any atom is 0.328 e. The number of rotatable bonds is 2. The summed E-state index contributed by atoms with van der Waals surface area (Å²) in [6.45, 7) is 0.405. The minimum absolute atomic E-state index is 0.0599. The highest BCUT2D eigenvalue weighted by Gasteiger charge is 2.34. The van der Waals surface area contributed by atoms with Crippen molar-refractivity contribution in [1.29, 1.82) is 0 Å². The fraction of sp³-hybridized carbons (Fsp3) is 0.176. The number of carbonyl (C=O) groups is 2. The van der Waals surface area contributed by atoms with Crippen molar-refractivity contribution in [3.05, 3.63) is 65.2 Å². The quantitative estimate of drug-likeness (QED) is 0.914. The number of carbonyl (C=O) groups excluding carboxylic acids is 2. The van der Waals surface area contributed by atoms with Crippen LogP contribution in [0, 0.1) is 0 Å². The van der Waals surface area contributed by atoms with Crippen molar-refractivity contribution in [3.8, 4) is 0 Å². The summed E-state index contributed by atoms with van der Waals surface area (Å²) in [6, 6.07) is 16.2. The van der Waals surface area contributed by atoms with Crippen LogP contribution in [0.1, 0.15) is 17.9 Å². The van der Waals surface area contributed by atoms with Crippen molar-refractivity contribution in [2.45, 2.75) is 12.3 Å². The van der Waals surface area contributed by atoms with E-state index in [1.165, 1.54) is 4.90 Å². The molecule has 112 valence electrons. The highest BCUT2D eigenvalue weighted by molar-refractivity contribution is 6.30. The van der Waals surface area contributed by atoms with Crippen LogP contribution in [-0.2, 0) is 4.79 Å². The fourth-order valence-corrected chi connectivity index (χ4v) is 2.70. The molecule has 0 radical (unpaired) electrons. The van der Waals surface area contributed by atoms with Crippen molar-refractivity contribution < 1.29 is 9.59 Å². The molecule has 1 saturated heterocycles. The van der Waals surface area contributed by atoms with E-state index in [1.807, 2.05) is 30.3 Å². The Morgan fingerprint density at radius 3 is 2.45 bits per heavy atom. The Hall–Kier alpha value is -2.33. The van der Waals surface area contributed by atoms with Crippen LogP contribution in [0.5, 0.6) is 0 Å². The Balaban J connectivity index is 1.68. The molecular formula is C17H15ClN2O2. The van der Waals surface area contributed by atoms with Crippen molar-refractivity contribution in [2.24, 2.45) is 0 Å². The van der Waals surface area contributed by atoms with Crippen LogP contribution in [-0.4, -0.2) is 23.4 Å². The van der Waals surface area contributed by atoms with E-state index in [0.29, 0.717) is 23.7 Å². The topological polar surface area (TPSA) is 49.4 Å². The van der Waals surface area contributed by atoms with Gasteiger partial charge in [0.2, 0.25) is 5.91 Å². The van der Waals surface area contributed by atoms with Crippen LogP contribution in [0.25, 0.3) is 0 Å². The monoisotopic (exact) mass is 314 g/mol. The lowest BCUT2D eigenvalue weighted by molar-refractivity contribution is -0.125. The molecule has 3 amide bonds. The van der Waals surface area contributed by atoms with E-state index < -0.39 is 6.03 Å². The molecule has 0 spiro atoms. The Labute approximate surface area is 133 Å². The summed E-state index contributed by atoms with van der Waals surface area (Å²) in [4.78, 5) is 25.6. The van der Waals surface area contributed by atoms with E-state index in [-0.39, 0.29) is 11.8 Å². The lowest BCUT2D eigenvalue weighted by Crippen LogP contribution is -2.36. The molecule has 1 heterocycles. The number of nitrogens with one attached hydrogen (secondary N) is 1. The number of benzene rings is 2. The number of nitrogens with zero attached hydrogens (tertiary/aromatic N) is 1. The lowest BCUT2D eigenvalue weighted by atomic mass is 9.99. The van der Waals surface area contributed by atoms with Crippen molar-refractivity contribution in [2.75, 3.05) is 11.9 Å². The smallest absolute Gasteiger partial charge is 0.307 e. The number of imide groups is 1. The summed E-state index contributed by atoms with van der Waals surface area (Å²) in [5.41, 5.74) is 1.70. The SMILES string of the molecule is O=C1C[C@@H](c2ccccc2)CN1C(=O)Nc1ccc(Cl)cc1. The molecule has 2 aromatic carbocycles. The molecule has 0 unspecified atom stereocenters. The molecular weight excluding hydrogens is 300 g/mol. The molecule has 1 aliphatic heterocycles. The third-order valence-corrected chi connectivity index (χ3v) is 3.99. The zero-order chi connectivity index (χ0) is 15.5. The highest BCUT2D eigenvalue weighted by atomic mass is 35.5. The van der Waals surface area contributed by atoms with Gasteiger partial charge in [-0.3, -0.25) is 9.69 Å². The van der Waals surface area contributed by atoms with Gasteiger partial charge in [0, 0.05) is 29.6 Å². The van der Waals surface area contributed by atoms with Gasteiger partial charge in [-0.05, 0) is 29.8 Å². The van der Waals surface area contributed by atoms with Gasteiger partial charge in [0.05, 0.1) is 0 Å². The van der Waals surface area contributed by atoms with Gasteiger partial charge >= 0.3 is 6.03 Å². The number of urea groups is 1. The first-order chi connectivity index (χ1) is 10.6. The maximum absolute atomic E-state index is 12.2. The average molecular weight is 315 g/mol. The first-order valence-electron chi connectivity index (χ1n) is 7.05. The van der Waals surface area contributed by atoms with Crippen molar-refractivity contribution >= 4 is 29.2 Å². The Morgan fingerprint density at radius 2 is 1.77 bits per heavy atom. The number of amides is 3. The standard InChI is InChI=1S/C17H15ClN2O2/c18-14-6-8-15(9-7-14)19-17(22)20-11-13(10-16(20)21)12-4-2-1-3-5-12/h1-9,13H,10-11H2,(H,19,22)/t13-/m1/s1. The fourth-order valence-electron chi connectivity index (χ4n) is 2.58. The highest BCUT2D eigenvalue weighted by Crippen LogP contribution is 2.28. The van der Waals surface area contributed by atoms with Gasteiger partial charge in [0.25, 0.3) is 0 Å². The average Bonchev–Trinajstić information content (AvgIpc) is 2.92. The number of anilines is 1. The number of halogens is 1. The minimum atomic E-state index is -0.397. The second-order valence-electron chi connectivity index (χ2n) is 5.25. The van der Waals surface area contributed by atoms with E-state index in [1.54, 1.807) is 24.3 Å². The third-order valence-electron chi connectivity index (χ3n) is 3.74. The van der Waals surface area contributed by atoms with Crippen LogP contribution in [0.15, 0.2) is 54.6 Å². The predicted octanol–water partition coefficient (Wildman–Crippen LogP) is 3.89. The van der Waals surface area contributed by atoms with Crippen LogP contribution >= 0.6 is 11.6 Å². The van der Waals surface area contributed by atoms with Crippen LogP contribution < -0.4 is 5.32 Å². The molecule has 3 rings (SSSR count). The van der Waals surface area contributed by atoms with Crippen molar-refractivity contribution in [3.63, 3.8) is 0 Å². The van der Waals surface area contributed by atoms with Crippen molar-refractivity contribution in [1.82, 2.24) is 4.90 Å². The molecule has 1 N–H and O–H groups in total. The van der Waals surface area contributed by atoms with Gasteiger partial charge in [-0.2, -0.15) is 0 Å². The third kappa shape index (κ3) is 3.12. The molecule has 5 heteroatoms. The summed E-state index contributed by atoms with van der Waals surface area (Å²) in [6.07, 6.45) is 0.359. The Kier molecular flexibility index (Phi) is 4.11. The van der Waals surface area contributed by atoms with E-state index >= 15 is 0 Å². The molecule has 2 aromatic rings. The summed E-state index contributed by atoms with van der Waals surface area (Å²) >= 11 is 5.81. The predicted molar refractivity (Wildman–Crippen MR) is 86.0 cm³/mol. The molecule has 1 fully saturated rings. The molecule has 22 heavy (non-hydrogen) atoms. The van der Waals surface area contributed by atoms with Gasteiger partial charge in [0.15, 0.2) is 0 Å². The molecule has 1 aliphatic rings. The number of likely N-dealkylation sites (tertiary alicyclic amines) is 1. The van der Waals surface area contributed by atoms with Gasteiger partial charge in [-0.1, -0.05) is 41.9 Å². The van der Waals surface area contributed by atoms with Gasteiger partial charge in [0.1, 0.15) is 0 Å². The lowest BCUT2D eigenvalue weighted by Gasteiger charge is -2.16. The molecule has 0 aliphatic carbocycles. The van der Waals surface area contributed by atoms with Gasteiger partial charge < -0.3 is 5.32 Å². The van der Waals surface area contributed by atoms with E-state index in [9.17, 15) is 9.59 Å². The van der Waals surface area contributed by atoms with Crippen LogP contribution in [0.4, 0.5) is 10.5 Å². The molecule has 0 bridgehead atoms. The van der Waals surface area contributed by atoms with Crippen LogP contribution in [0.2, 0.25) is 5.02 Å². The Morgan fingerprint density at radius 1 is 1.09 bits per heavy atom. The number of hydrogen-bond donors (Lipinski definition) is 1. The minimum Gasteiger partial charge on any atom is -0.307 e. The first kappa shape index (κ1) is 14.6. The number of hydrogen-bond acceptors (Lipinski definition) is 2. The zero-order valence-electron chi connectivity index (χ0n) is 11.8. The zero-order valence-corrected chi connectivity index (χ0v) is 12.6. The molecule has 0 aromatic heterocycles. The Bertz CT molecular complexity index is 686. The molecule has 1 atom stereocenters. The summed E-state index contributed by atoms with van der Waals surface area (Å²) in [5.74, 6) is -0.0926. The van der Waals surface area contributed by atoms with Crippen LogP contribution in [0.3, 0.4) is 0 Å².